The highest BCUT2D eigenvalue weighted by Gasteiger charge is 2.20. The van der Waals surface area contributed by atoms with Crippen molar-refractivity contribution in [2.75, 3.05) is 13.2 Å². The van der Waals surface area contributed by atoms with Gasteiger partial charge >= 0.3 is 0 Å². The van der Waals surface area contributed by atoms with Crippen LogP contribution in [0.15, 0.2) is 18.5 Å². The molecule has 1 aliphatic carbocycles. The largest absolute Gasteiger partial charge is 0.395 e. The second kappa shape index (κ2) is 7.66. The van der Waals surface area contributed by atoms with E-state index in [1.165, 1.54) is 19.3 Å². The molecule has 1 aromatic rings. The number of pyridine rings is 1. The van der Waals surface area contributed by atoms with E-state index in [4.69, 9.17) is 5.11 Å². The average Bonchev–Trinajstić information content (AvgIpc) is 3.28. The van der Waals surface area contributed by atoms with E-state index in [0.29, 0.717) is 17.5 Å². The molecule has 1 aromatic heterocycles. The first-order valence-corrected chi connectivity index (χ1v) is 7.12. The molecule has 2 rings (SSSR count). The van der Waals surface area contributed by atoms with Gasteiger partial charge < -0.3 is 10.4 Å². The highest BCUT2D eigenvalue weighted by molar-refractivity contribution is 5.94. The lowest BCUT2D eigenvalue weighted by Crippen LogP contribution is -2.24. The van der Waals surface area contributed by atoms with Crippen LogP contribution < -0.4 is 5.32 Å². The van der Waals surface area contributed by atoms with Crippen molar-refractivity contribution in [1.82, 2.24) is 10.3 Å². The maximum atomic E-state index is 11.9. The van der Waals surface area contributed by atoms with Crippen molar-refractivity contribution in [1.29, 1.82) is 0 Å². The molecule has 1 amide bonds. The second-order valence-corrected chi connectivity index (χ2v) is 5.08. The van der Waals surface area contributed by atoms with Crippen LogP contribution in [0.1, 0.15) is 48.0 Å². The van der Waals surface area contributed by atoms with Crippen LogP contribution in [0.2, 0.25) is 0 Å². The smallest absolute Gasteiger partial charge is 0.252 e. The Morgan fingerprint density at radius 1 is 1.45 bits per heavy atom. The minimum Gasteiger partial charge on any atom is -0.395 e. The fourth-order valence-electron chi connectivity index (χ4n) is 1.95. The molecule has 0 atom stereocenters. The number of aromatic nitrogens is 1. The molecule has 0 bridgehead atoms. The lowest BCUT2D eigenvalue weighted by molar-refractivity contribution is 0.0952. The summed E-state index contributed by atoms with van der Waals surface area (Å²) in [5, 5.41) is 11.6. The Hall–Kier alpha value is -1.86. The third-order valence-corrected chi connectivity index (χ3v) is 3.24. The minimum atomic E-state index is -0.0981. The van der Waals surface area contributed by atoms with Crippen molar-refractivity contribution in [3.8, 4) is 11.8 Å². The summed E-state index contributed by atoms with van der Waals surface area (Å²) in [6.07, 6.45) is 8.56. The van der Waals surface area contributed by atoms with E-state index in [0.717, 1.165) is 18.9 Å². The number of nitrogens with one attached hydrogen (secondary N) is 1. The highest BCUT2D eigenvalue weighted by Crippen LogP contribution is 2.33. The molecule has 20 heavy (non-hydrogen) atoms. The molecule has 0 aliphatic heterocycles. The normalized spacial score (nSPS) is 13.4. The van der Waals surface area contributed by atoms with E-state index >= 15 is 0 Å². The van der Waals surface area contributed by atoms with Crippen LogP contribution in [-0.2, 0) is 0 Å². The van der Waals surface area contributed by atoms with E-state index in [1.54, 1.807) is 18.5 Å². The Morgan fingerprint density at radius 2 is 2.30 bits per heavy atom. The molecule has 0 spiro atoms. The maximum Gasteiger partial charge on any atom is 0.252 e. The number of aliphatic hydroxyl groups is 1. The fourth-order valence-corrected chi connectivity index (χ4v) is 1.95. The van der Waals surface area contributed by atoms with E-state index in [1.807, 2.05) is 0 Å². The number of nitrogens with zero attached hydrogens (tertiary/aromatic N) is 1. The van der Waals surface area contributed by atoms with Crippen LogP contribution in [0.25, 0.3) is 0 Å². The van der Waals surface area contributed by atoms with Crippen molar-refractivity contribution in [2.45, 2.75) is 32.1 Å². The van der Waals surface area contributed by atoms with E-state index in [2.05, 4.69) is 22.1 Å². The Bertz CT molecular complexity index is 513. The van der Waals surface area contributed by atoms with Gasteiger partial charge in [0.05, 0.1) is 12.2 Å². The first-order valence-electron chi connectivity index (χ1n) is 7.12. The van der Waals surface area contributed by atoms with Gasteiger partial charge in [-0.05, 0) is 24.8 Å². The molecule has 1 saturated carbocycles. The maximum absolute atomic E-state index is 11.9. The van der Waals surface area contributed by atoms with Crippen LogP contribution in [0.4, 0.5) is 0 Å². The van der Waals surface area contributed by atoms with Crippen molar-refractivity contribution < 1.29 is 9.90 Å². The van der Waals surface area contributed by atoms with Crippen LogP contribution in [0.3, 0.4) is 0 Å². The average molecular weight is 272 g/mol. The van der Waals surface area contributed by atoms with E-state index in [9.17, 15) is 4.79 Å². The molecule has 4 nitrogen and oxygen atoms in total. The molecule has 106 valence electrons. The summed E-state index contributed by atoms with van der Waals surface area (Å²) >= 11 is 0. The van der Waals surface area contributed by atoms with Gasteiger partial charge in [-0.15, -0.1) is 0 Å². The van der Waals surface area contributed by atoms with Crippen LogP contribution >= 0.6 is 0 Å². The first-order chi connectivity index (χ1) is 9.79. The summed E-state index contributed by atoms with van der Waals surface area (Å²) in [6.45, 7) is 0.761. The molecule has 0 saturated heterocycles. The second-order valence-electron chi connectivity index (χ2n) is 5.08. The zero-order valence-electron chi connectivity index (χ0n) is 11.6. The molecule has 0 aromatic carbocycles. The van der Waals surface area contributed by atoms with Crippen LogP contribution in [0.5, 0.6) is 0 Å². The number of hydrogen-bond acceptors (Lipinski definition) is 3. The van der Waals surface area contributed by atoms with Gasteiger partial charge in [-0.2, -0.15) is 0 Å². The van der Waals surface area contributed by atoms with Crippen LogP contribution in [0, 0.1) is 17.8 Å². The van der Waals surface area contributed by atoms with Gasteiger partial charge in [0.2, 0.25) is 0 Å². The third-order valence-electron chi connectivity index (χ3n) is 3.24. The van der Waals surface area contributed by atoms with E-state index in [-0.39, 0.29) is 12.5 Å². The fraction of sp³-hybridized carbons (Fsp3) is 0.500. The first kappa shape index (κ1) is 14.5. The summed E-state index contributed by atoms with van der Waals surface area (Å²) in [5.74, 6) is 6.50. The third kappa shape index (κ3) is 5.02. The standard InChI is InChI=1S/C16H20N2O2/c19-9-2-1-4-14-10-15(12-17-11-14)16(20)18-8-3-5-13-6-7-13/h10-13,19H,2-3,5-9H2,(H,18,20). The zero-order valence-corrected chi connectivity index (χ0v) is 11.6. The minimum absolute atomic E-state index is 0.0433. The summed E-state index contributed by atoms with van der Waals surface area (Å²) < 4.78 is 0. The molecular formula is C16H20N2O2. The van der Waals surface area contributed by atoms with Gasteiger partial charge in [-0.1, -0.05) is 24.7 Å². The Morgan fingerprint density at radius 3 is 3.05 bits per heavy atom. The van der Waals surface area contributed by atoms with Gasteiger partial charge in [0.1, 0.15) is 0 Å². The van der Waals surface area contributed by atoms with E-state index < -0.39 is 0 Å². The molecule has 0 unspecified atom stereocenters. The number of aliphatic hydroxyl groups excluding tert-OH is 1. The number of carbonyl (C=O) groups excluding carboxylic acids is 1. The molecular weight excluding hydrogens is 252 g/mol. The van der Waals surface area contributed by atoms with Crippen LogP contribution in [-0.4, -0.2) is 29.1 Å². The summed E-state index contributed by atoms with van der Waals surface area (Å²) in [5.41, 5.74) is 1.23. The van der Waals surface area contributed by atoms with Crippen molar-refractivity contribution in [2.24, 2.45) is 5.92 Å². The van der Waals surface area contributed by atoms with Crippen molar-refractivity contribution in [3.05, 3.63) is 29.6 Å². The summed E-state index contributed by atoms with van der Waals surface area (Å²) in [4.78, 5) is 16.0. The molecule has 0 radical (unpaired) electrons. The van der Waals surface area contributed by atoms with Gasteiger partial charge in [0, 0.05) is 30.9 Å². The summed E-state index contributed by atoms with van der Waals surface area (Å²) in [7, 11) is 0. The van der Waals surface area contributed by atoms with Gasteiger partial charge in [0.15, 0.2) is 0 Å². The molecule has 1 heterocycles. The van der Waals surface area contributed by atoms with Gasteiger partial charge in [-0.3, -0.25) is 9.78 Å². The predicted molar refractivity (Wildman–Crippen MR) is 77.1 cm³/mol. The van der Waals surface area contributed by atoms with Crippen molar-refractivity contribution >= 4 is 5.91 Å². The number of hydrogen-bond donors (Lipinski definition) is 2. The monoisotopic (exact) mass is 272 g/mol. The lowest BCUT2D eigenvalue weighted by atomic mass is 10.2. The lowest BCUT2D eigenvalue weighted by Gasteiger charge is -2.04. The predicted octanol–water partition coefficient (Wildman–Crippen LogP) is 1.74. The quantitative estimate of drug-likeness (QED) is 0.612. The van der Waals surface area contributed by atoms with Gasteiger partial charge in [-0.25, -0.2) is 0 Å². The summed E-state index contributed by atoms with van der Waals surface area (Å²) in [6, 6.07) is 1.73. The Kier molecular flexibility index (Phi) is 5.57. The zero-order chi connectivity index (χ0) is 14.2. The highest BCUT2D eigenvalue weighted by atomic mass is 16.2. The molecule has 1 fully saturated rings. The molecule has 4 heteroatoms. The van der Waals surface area contributed by atoms with Crippen molar-refractivity contribution in [3.63, 3.8) is 0 Å². The molecule has 2 N–H and O–H groups in total. The van der Waals surface area contributed by atoms with Gasteiger partial charge in [0.25, 0.3) is 5.91 Å². The number of rotatable bonds is 6. The SMILES string of the molecule is O=C(NCCCC1CC1)c1cncc(C#CCCO)c1. The topological polar surface area (TPSA) is 62.2 Å². The number of amides is 1. The molecule has 1 aliphatic rings. The Balaban J connectivity index is 1.82. The number of carbonyl (C=O) groups is 1. The Labute approximate surface area is 119 Å².